The molecule has 0 amide bonds. The van der Waals surface area contributed by atoms with E-state index in [0.717, 1.165) is 12.1 Å². The summed E-state index contributed by atoms with van der Waals surface area (Å²) in [6.45, 7) is 3.20. The van der Waals surface area contributed by atoms with Gasteiger partial charge in [-0.05, 0) is 13.8 Å². The molecule has 9 nitrogen and oxygen atoms in total. The lowest BCUT2D eigenvalue weighted by Crippen LogP contribution is -2.13. The number of carbonyl (C=O) groups is 1. The van der Waals surface area contributed by atoms with Crippen molar-refractivity contribution in [3.63, 3.8) is 0 Å². The van der Waals surface area contributed by atoms with Crippen LogP contribution in [0, 0.1) is 20.2 Å². The van der Waals surface area contributed by atoms with Crippen LogP contribution in [-0.4, -0.2) is 29.0 Å². The van der Waals surface area contributed by atoms with Crippen molar-refractivity contribution in [3.05, 3.63) is 37.9 Å². The summed E-state index contributed by atoms with van der Waals surface area (Å²) < 4.78 is 4.87. The van der Waals surface area contributed by atoms with Crippen LogP contribution in [-0.2, 0) is 4.74 Å². The van der Waals surface area contributed by atoms with E-state index in [-0.39, 0.29) is 11.3 Å². The lowest BCUT2D eigenvalue weighted by atomic mass is 10.1. The Hall–Kier alpha value is -2.71. The van der Waals surface area contributed by atoms with E-state index >= 15 is 0 Å². The molecule has 20 heavy (non-hydrogen) atoms. The molecule has 0 heterocycles. The minimum absolute atomic E-state index is 0.240. The Morgan fingerprint density at radius 3 is 1.95 bits per heavy atom. The lowest BCUT2D eigenvalue weighted by molar-refractivity contribution is -0.392. The maximum absolute atomic E-state index is 11.7. The van der Waals surface area contributed by atoms with Crippen LogP contribution in [0.4, 0.5) is 17.1 Å². The molecule has 1 rings (SSSR count). The van der Waals surface area contributed by atoms with E-state index in [2.05, 4.69) is 5.32 Å². The first-order valence-electron chi connectivity index (χ1n) is 5.63. The molecule has 0 bridgehead atoms. The van der Waals surface area contributed by atoms with Gasteiger partial charge in [0.25, 0.3) is 11.4 Å². The second-order valence-corrected chi connectivity index (χ2v) is 4.11. The van der Waals surface area contributed by atoms with E-state index in [1.807, 2.05) is 0 Å². The summed E-state index contributed by atoms with van der Waals surface area (Å²) in [5, 5.41) is 24.3. The lowest BCUT2D eigenvalue weighted by Gasteiger charge is -2.09. The van der Waals surface area contributed by atoms with Gasteiger partial charge in [0.1, 0.15) is 0 Å². The van der Waals surface area contributed by atoms with Crippen molar-refractivity contribution in [2.24, 2.45) is 0 Å². The predicted molar refractivity (Wildman–Crippen MR) is 69.8 cm³/mol. The highest BCUT2D eigenvalue weighted by molar-refractivity contribution is 5.93. The van der Waals surface area contributed by atoms with Crippen LogP contribution in [0.15, 0.2) is 12.1 Å². The number of nitro benzene ring substituents is 2. The number of nitrogens with zero attached hydrogens (tertiary/aromatic N) is 2. The summed E-state index contributed by atoms with van der Waals surface area (Å²) >= 11 is 0. The number of carbonyl (C=O) groups excluding carboxylic acids is 1. The SMILES string of the molecule is CNc1c([N+](=O)[O-])cc(C(=O)OC(C)C)cc1[N+](=O)[O-]. The summed E-state index contributed by atoms with van der Waals surface area (Å²) in [7, 11) is 1.32. The number of anilines is 1. The average Bonchev–Trinajstić information content (AvgIpc) is 2.35. The Labute approximate surface area is 113 Å². The molecule has 0 unspecified atom stereocenters. The van der Waals surface area contributed by atoms with Gasteiger partial charge in [-0.15, -0.1) is 0 Å². The predicted octanol–water partition coefficient (Wildman–Crippen LogP) is 2.11. The normalized spacial score (nSPS) is 10.2. The Kier molecular flexibility index (Phi) is 4.57. The number of ether oxygens (including phenoxy) is 1. The second kappa shape index (κ2) is 5.95. The molecule has 0 saturated heterocycles. The molecule has 1 aromatic carbocycles. The molecule has 0 aliphatic carbocycles. The monoisotopic (exact) mass is 283 g/mol. The molecule has 0 aromatic heterocycles. The highest BCUT2D eigenvalue weighted by Gasteiger charge is 2.28. The van der Waals surface area contributed by atoms with Crippen molar-refractivity contribution in [1.82, 2.24) is 0 Å². The number of esters is 1. The third kappa shape index (κ3) is 3.19. The molecule has 0 aliphatic rings. The fraction of sp³-hybridized carbons (Fsp3) is 0.364. The largest absolute Gasteiger partial charge is 0.459 e. The Bertz CT molecular complexity index is 534. The van der Waals surface area contributed by atoms with Gasteiger partial charge in [0, 0.05) is 19.2 Å². The molecule has 0 aliphatic heterocycles. The minimum atomic E-state index is -0.853. The van der Waals surface area contributed by atoms with Gasteiger partial charge in [0.05, 0.1) is 21.5 Å². The van der Waals surface area contributed by atoms with E-state index in [4.69, 9.17) is 4.74 Å². The Morgan fingerprint density at radius 2 is 1.65 bits per heavy atom. The molecule has 108 valence electrons. The minimum Gasteiger partial charge on any atom is -0.459 e. The first-order chi connectivity index (χ1) is 9.27. The molecule has 0 saturated carbocycles. The number of hydrogen-bond donors (Lipinski definition) is 1. The van der Waals surface area contributed by atoms with Gasteiger partial charge in [0.15, 0.2) is 5.69 Å². The van der Waals surface area contributed by atoms with Crippen LogP contribution < -0.4 is 5.32 Å². The van der Waals surface area contributed by atoms with Crippen molar-refractivity contribution in [2.75, 3.05) is 12.4 Å². The molecular formula is C11H13N3O6. The molecule has 9 heteroatoms. The first kappa shape index (κ1) is 15.3. The van der Waals surface area contributed by atoms with Crippen LogP contribution in [0.5, 0.6) is 0 Å². The number of nitrogens with one attached hydrogen (secondary N) is 1. The van der Waals surface area contributed by atoms with E-state index in [9.17, 15) is 25.0 Å². The van der Waals surface area contributed by atoms with E-state index in [1.54, 1.807) is 13.8 Å². The zero-order valence-electron chi connectivity index (χ0n) is 11.1. The summed E-state index contributed by atoms with van der Waals surface area (Å²) in [5.74, 6) is -0.853. The van der Waals surface area contributed by atoms with Crippen LogP contribution in [0.1, 0.15) is 24.2 Å². The maximum Gasteiger partial charge on any atom is 0.338 e. The maximum atomic E-state index is 11.7. The summed E-state index contributed by atoms with van der Waals surface area (Å²) in [5.41, 5.74) is -1.62. The average molecular weight is 283 g/mol. The van der Waals surface area contributed by atoms with Gasteiger partial charge in [-0.3, -0.25) is 20.2 Å². The zero-order valence-corrected chi connectivity index (χ0v) is 11.1. The standard InChI is InChI=1S/C11H13N3O6/c1-6(2)20-11(15)7-4-8(13(16)17)10(12-3)9(5-7)14(18)19/h4-6,12H,1-3H3. The second-order valence-electron chi connectivity index (χ2n) is 4.11. The number of nitro groups is 2. The fourth-order valence-electron chi connectivity index (χ4n) is 1.56. The van der Waals surface area contributed by atoms with Crippen LogP contribution in [0.25, 0.3) is 0 Å². The number of hydrogen-bond acceptors (Lipinski definition) is 7. The zero-order chi connectivity index (χ0) is 15.4. The Morgan fingerprint density at radius 1 is 1.20 bits per heavy atom. The number of rotatable bonds is 5. The summed E-state index contributed by atoms with van der Waals surface area (Å²) in [4.78, 5) is 32.0. The highest BCUT2D eigenvalue weighted by atomic mass is 16.6. The summed E-state index contributed by atoms with van der Waals surface area (Å²) in [6, 6.07) is 1.90. The van der Waals surface area contributed by atoms with Crippen molar-refractivity contribution in [2.45, 2.75) is 20.0 Å². The molecule has 0 atom stereocenters. The molecule has 1 N–H and O–H groups in total. The van der Waals surface area contributed by atoms with Crippen molar-refractivity contribution in [1.29, 1.82) is 0 Å². The quantitative estimate of drug-likeness (QED) is 0.498. The van der Waals surface area contributed by atoms with Crippen LogP contribution >= 0.6 is 0 Å². The molecule has 1 aromatic rings. The number of benzene rings is 1. The van der Waals surface area contributed by atoms with Crippen molar-refractivity contribution in [3.8, 4) is 0 Å². The smallest absolute Gasteiger partial charge is 0.338 e. The van der Waals surface area contributed by atoms with Gasteiger partial charge >= 0.3 is 5.97 Å². The highest BCUT2D eigenvalue weighted by Crippen LogP contribution is 2.35. The molecule has 0 fully saturated rings. The van der Waals surface area contributed by atoms with Gasteiger partial charge < -0.3 is 10.1 Å². The van der Waals surface area contributed by atoms with Gasteiger partial charge in [-0.2, -0.15) is 0 Å². The van der Waals surface area contributed by atoms with Gasteiger partial charge in [0.2, 0.25) is 0 Å². The molecule has 0 radical (unpaired) electrons. The first-order valence-corrected chi connectivity index (χ1v) is 5.63. The van der Waals surface area contributed by atoms with E-state index in [0.29, 0.717) is 0 Å². The van der Waals surface area contributed by atoms with Crippen molar-refractivity contribution < 1.29 is 19.4 Å². The fourth-order valence-corrected chi connectivity index (χ4v) is 1.56. The van der Waals surface area contributed by atoms with Gasteiger partial charge in [-0.25, -0.2) is 4.79 Å². The topological polar surface area (TPSA) is 125 Å². The Balaban J connectivity index is 3.46. The van der Waals surface area contributed by atoms with Crippen molar-refractivity contribution >= 4 is 23.0 Å². The third-order valence-electron chi connectivity index (χ3n) is 2.32. The molecular weight excluding hydrogens is 270 g/mol. The van der Waals surface area contributed by atoms with E-state index in [1.165, 1.54) is 7.05 Å². The third-order valence-corrected chi connectivity index (χ3v) is 2.32. The van der Waals surface area contributed by atoms with Crippen LogP contribution in [0.3, 0.4) is 0 Å². The van der Waals surface area contributed by atoms with E-state index < -0.39 is 33.3 Å². The van der Waals surface area contributed by atoms with Gasteiger partial charge in [-0.1, -0.05) is 0 Å². The van der Waals surface area contributed by atoms with Crippen LogP contribution in [0.2, 0.25) is 0 Å². The summed E-state index contributed by atoms with van der Waals surface area (Å²) in [6.07, 6.45) is -0.440. The molecule has 0 spiro atoms.